The minimum atomic E-state index is -3.89. The van der Waals surface area contributed by atoms with Crippen LogP contribution in [-0.4, -0.2) is 62.9 Å². The molecule has 1 aliphatic rings. The molecule has 0 radical (unpaired) electrons. The molecule has 0 atom stereocenters. The van der Waals surface area contributed by atoms with Crippen LogP contribution in [0.3, 0.4) is 0 Å². The minimum Gasteiger partial charge on any atom is -0.378 e. The second-order valence-corrected chi connectivity index (χ2v) is 9.72. The number of carbonyl (C=O) groups excluding carboxylic acids is 2. The Bertz CT molecular complexity index is 1040. The topological polar surface area (TPSA) is 105 Å². The second-order valence-electron chi connectivity index (χ2n) is 6.65. The van der Waals surface area contributed by atoms with Crippen LogP contribution in [0.1, 0.15) is 0 Å². The van der Waals surface area contributed by atoms with Crippen LogP contribution in [0.2, 0.25) is 5.02 Å². The number of nitrogens with zero attached hydrogens (tertiary/aromatic N) is 1. The molecule has 0 spiro atoms. The van der Waals surface area contributed by atoms with Crippen LogP contribution in [0.5, 0.6) is 0 Å². The van der Waals surface area contributed by atoms with Crippen molar-refractivity contribution in [3.63, 3.8) is 0 Å². The fraction of sp³-hybridized carbons (Fsp3) is 0.300. The van der Waals surface area contributed by atoms with E-state index in [1.165, 1.54) is 30.0 Å². The van der Waals surface area contributed by atoms with E-state index >= 15 is 0 Å². The fourth-order valence-electron chi connectivity index (χ4n) is 2.82. The number of hydrogen-bond donors (Lipinski definition) is 2. The molecule has 3 rings (SSSR count). The van der Waals surface area contributed by atoms with Gasteiger partial charge in [-0.25, -0.2) is 8.42 Å². The number of para-hydroxylation sites is 1. The number of ether oxygens (including phenoxy) is 1. The molecule has 2 aromatic carbocycles. The van der Waals surface area contributed by atoms with Gasteiger partial charge < -0.3 is 15.0 Å². The van der Waals surface area contributed by atoms with Crippen LogP contribution in [0.4, 0.5) is 11.4 Å². The molecule has 166 valence electrons. The largest absolute Gasteiger partial charge is 0.378 e. The summed E-state index contributed by atoms with van der Waals surface area (Å²) in [5.74, 6) is -0.0811. The monoisotopic (exact) mass is 483 g/mol. The van der Waals surface area contributed by atoms with Crippen LogP contribution >= 0.6 is 23.4 Å². The van der Waals surface area contributed by atoms with Crippen molar-refractivity contribution in [1.29, 1.82) is 0 Å². The third kappa shape index (κ3) is 6.86. The first-order chi connectivity index (χ1) is 14.8. The zero-order valence-electron chi connectivity index (χ0n) is 16.5. The van der Waals surface area contributed by atoms with Crippen molar-refractivity contribution in [2.24, 2.45) is 0 Å². The molecule has 2 aromatic rings. The molecule has 11 heteroatoms. The maximum absolute atomic E-state index is 12.7. The van der Waals surface area contributed by atoms with Gasteiger partial charge in [0.05, 0.1) is 40.3 Å². The molecule has 31 heavy (non-hydrogen) atoms. The lowest BCUT2D eigenvalue weighted by atomic mass is 10.3. The van der Waals surface area contributed by atoms with Crippen molar-refractivity contribution >= 4 is 56.6 Å². The average Bonchev–Trinajstić information content (AvgIpc) is 2.76. The summed E-state index contributed by atoms with van der Waals surface area (Å²) in [6.45, 7) is 2.19. The maximum atomic E-state index is 12.7. The van der Waals surface area contributed by atoms with Gasteiger partial charge in [-0.2, -0.15) is 0 Å². The van der Waals surface area contributed by atoms with E-state index < -0.39 is 10.0 Å². The van der Waals surface area contributed by atoms with E-state index in [1.807, 2.05) is 0 Å². The van der Waals surface area contributed by atoms with E-state index in [9.17, 15) is 18.0 Å². The number of nitrogens with one attached hydrogen (secondary N) is 2. The molecule has 0 saturated carbocycles. The first-order valence-electron chi connectivity index (χ1n) is 9.46. The van der Waals surface area contributed by atoms with Gasteiger partial charge in [-0.3, -0.25) is 14.3 Å². The molecule has 1 aliphatic heterocycles. The van der Waals surface area contributed by atoms with Crippen LogP contribution in [0.25, 0.3) is 0 Å². The highest BCUT2D eigenvalue weighted by molar-refractivity contribution is 8.00. The zero-order chi connectivity index (χ0) is 22.3. The van der Waals surface area contributed by atoms with E-state index in [0.717, 1.165) is 0 Å². The van der Waals surface area contributed by atoms with E-state index in [0.29, 0.717) is 32.0 Å². The van der Waals surface area contributed by atoms with E-state index in [-0.39, 0.29) is 38.9 Å². The summed E-state index contributed by atoms with van der Waals surface area (Å²) in [4.78, 5) is 26.0. The number of sulfonamides is 1. The van der Waals surface area contributed by atoms with Gasteiger partial charge in [-0.1, -0.05) is 29.8 Å². The predicted molar refractivity (Wildman–Crippen MR) is 122 cm³/mol. The third-order valence-electron chi connectivity index (χ3n) is 4.37. The molecule has 1 fully saturated rings. The molecule has 0 aliphatic carbocycles. The molecule has 0 aromatic heterocycles. The zero-order valence-corrected chi connectivity index (χ0v) is 18.9. The first kappa shape index (κ1) is 23.4. The van der Waals surface area contributed by atoms with Gasteiger partial charge in [-0.05, 0) is 30.3 Å². The van der Waals surface area contributed by atoms with Gasteiger partial charge in [0.2, 0.25) is 11.8 Å². The Labute approximate surface area is 190 Å². The number of thioether (sulfide) groups is 1. The Balaban J connectivity index is 1.54. The van der Waals surface area contributed by atoms with Crippen LogP contribution in [0, 0.1) is 0 Å². The second kappa shape index (κ2) is 10.9. The van der Waals surface area contributed by atoms with Crippen LogP contribution in [-0.2, 0) is 24.3 Å². The Morgan fingerprint density at radius 3 is 2.55 bits per heavy atom. The maximum Gasteiger partial charge on any atom is 0.262 e. The molecule has 2 N–H and O–H groups in total. The van der Waals surface area contributed by atoms with Crippen molar-refractivity contribution in [3.05, 3.63) is 53.6 Å². The number of carbonyl (C=O) groups is 2. The molecule has 8 nitrogen and oxygen atoms in total. The summed E-state index contributed by atoms with van der Waals surface area (Å²) >= 11 is 7.22. The number of amides is 2. The first-order valence-corrected chi connectivity index (χ1v) is 12.5. The predicted octanol–water partition coefficient (Wildman–Crippen LogP) is 2.67. The third-order valence-corrected chi connectivity index (χ3v) is 6.98. The normalized spacial score (nSPS) is 14.2. The quantitative estimate of drug-likeness (QED) is 0.598. The molecule has 0 bridgehead atoms. The number of hydrogen-bond acceptors (Lipinski definition) is 6. The molecule has 1 heterocycles. The van der Waals surface area contributed by atoms with E-state index in [2.05, 4.69) is 10.0 Å². The standard InChI is InChI=1S/C20H22ClN3O5S2/c21-17-6-1-2-7-18(17)23-31(27,28)16-5-3-4-15(12-16)22-19(25)13-30-14-20(26)24-8-10-29-11-9-24/h1-7,12,23H,8-11,13-14H2,(H,22,25). The van der Waals surface area contributed by atoms with Gasteiger partial charge in [0, 0.05) is 18.8 Å². The number of benzene rings is 2. The Morgan fingerprint density at radius 2 is 1.81 bits per heavy atom. The summed E-state index contributed by atoms with van der Waals surface area (Å²) in [6.07, 6.45) is 0. The lowest BCUT2D eigenvalue weighted by Gasteiger charge is -2.26. The summed E-state index contributed by atoms with van der Waals surface area (Å²) < 4.78 is 32.9. The lowest BCUT2D eigenvalue weighted by Crippen LogP contribution is -2.41. The number of morpholine rings is 1. The van der Waals surface area contributed by atoms with Crippen molar-refractivity contribution in [2.45, 2.75) is 4.90 Å². The highest BCUT2D eigenvalue weighted by Gasteiger charge is 2.18. The highest BCUT2D eigenvalue weighted by atomic mass is 35.5. The van der Waals surface area contributed by atoms with Crippen molar-refractivity contribution < 1.29 is 22.7 Å². The van der Waals surface area contributed by atoms with E-state index in [1.54, 1.807) is 35.2 Å². The van der Waals surface area contributed by atoms with E-state index in [4.69, 9.17) is 16.3 Å². The Morgan fingerprint density at radius 1 is 1.06 bits per heavy atom. The molecule has 1 saturated heterocycles. The highest BCUT2D eigenvalue weighted by Crippen LogP contribution is 2.25. The van der Waals surface area contributed by atoms with Crippen molar-refractivity contribution in [2.75, 3.05) is 47.8 Å². The Hall–Kier alpha value is -2.27. The van der Waals surface area contributed by atoms with Crippen LogP contribution in [0.15, 0.2) is 53.4 Å². The van der Waals surface area contributed by atoms with Crippen molar-refractivity contribution in [3.8, 4) is 0 Å². The summed E-state index contributed by atoms with van der Waals surface area (Å²) in [5.41, 5.74) is 0.604. The molecular weight excluding hydrogens is 462 g/mol. The number of anilines is 2. The van der Waals surface area contributed by atoms with Gasteiger partial charge in [0.25, 0.3) is 10.0 Å². The molecule has 2 amide bonds. The van der Waals surface area contributed by atoms with Gasteiger partial charge in [-0.15, -0.1) is 11.8 Å². The summed E-state index contributed by atoms with van der Waals surface area (Å²) in [6, 6.07) is 12.4. The molecular formula is C20H22ClN3O5S2. The summed E-state index contributed by atoms with van der Waals surface area (Å²) in [7, 11) is -3.89. The Kier molecular flexibility index (Phi) is 8.19. The summed E-state index contributed by atoms with van der Waals surface area (Å²) in [5, 5.41) is 2.94. The lowest BCUT2D eigenvalue weighted by molar-refractivity contribution is -0.132. The molecule has 0 unspecified atom stereocenters. The van der Waals surface area contributed by atoms with Crippen molar-refractivity contribution in [1.82, 2.24) is 4.90 Å². The number of halogens is 1. The minimum absolute atomic E-state index is 0.0135. The average molecular weight is 484 g/mol. The smallest absolute Gasteiger partial charge is 0.262 e. The van der Waals surface area contributed by atoms with Gasteiger partial charge in [0.1, 0.15) is 0 Å². The van der Waals surface area contributed by atoms with Gasteiger partial charge >= 0.3 is 0 Å². The number of rotatable bonds is 8. The van der Waals surface area contributed by atoms with Gasteiger partial charge in [0.15, 0.2) is 0 Å². The SMILES string of the molecule is O=C(CSCC(=O)N1CCOCC1)Nc1cccc(S(=O)(=O)Nc2ccccc2Cl)c1. The fourth-order valence-corrected chi connectivity index (χ4v) is 4.90. The van der Waals surface area contributed by atoms with Crippen LogP contribution < -0.4 is 10.0 Å².